The summed E-state index contributed by atoms with van der Waals surface area (Å²) in [7, 11) is 0. The van der Waals surface area contributed by atoms with Crippen molar-refractivity contribution in [3.63, 3.8) is 0 Å². The Bertz CT molecular complexity index is 1940. The van der Waals surface area contributed by atoms with E-state index in [1.54, 1.807) is 0 Å². The summed E-state index contributed by atoms with van der Waals surface area (Å²) in [5.74, 6) is 1.13. The molecule has 0 unspecified atom stereocenters. The van der Waals surface area contributed by atoms with Crippen molar-refractivity contribution >= 4 is 23.1 Å². The van der Waals surface area contributed by atoms with Crippen LogP contribution in [0.5, 0.6) is 5.75 Å². The number of anilines is 1. The zero-order chi connectivity index (χ0) is 35.6. The van der Waals surface area contributed by atoms with Gasteiger partial charge in [-0.3, -0.25) is 0 Å². The summed E-state index contributed by atoms with van der Waals surface area (Å²) in [6.45, 7) is 23.6. The number of esters is 1. The largest absolute Gasteiger partial charge is 0.490 e. The van der Waals surface area contributed by atoms with Gasteiger partial charge in [0.15, 0.2) is 17.4 Å². The fourth-order valence-electron chi connectivity index (χ4n) is 7.04. The van der Waals surface area contributed by atoms with Crippen molar-refractivity contribution in [1.29, 1.82) is 0 Å². The van der Waals surface area contributed by atoms with Gasteiger partial charge in [0.1, 0.15) is 11.6 Å². The third-order valence-corrected chi connectivity index (χ3v) is 9.75. The molecular weight excluding hydrogens is 626 g/mol. The minimum Gasteiger partial charge on any atom is -0.490 e. The Labute approximate surface area is 296 Å². The van der Waals surface area contributed by atoms with E-state index in [1.807, 2.05) is 81.6 Å². The molecule has 1 saturated heterocycles. The molecule has 2 aromatic carbocycles. The Morgan fingerprint density at radius 2 is 1.86 bits per heavy atom. The number of benzene rings is 2. The van der Waals surface area contributed by atoms with Crippen molar-refractivity contribution in [3.8, 4) is 28.1 Å². The second-order valence-corrected chi connectivity index (χ2v) is 14.9. The average molecular weight is 676 g/mol. The quantitative estimate of drug-likeness (QED) is 0.121. The Balaban J connectivity index is 1.56. The minimum atomic E-state index is -0.975. The van der Waals surface area contributed by atoms with Crippen LogP contribution in [0.25, 0.3) is 32.9 Å². The van der Waals surface area contributed by atoms with Crippen LogP contribution in [0.3, 0.4) is 0 Å². The first kappa shape index (κ1) is 35.2. The standard InChI is InChI=1S/C41H49N5O4/c1-9-48-39(47)37(50-40(4,5)6)36-28(3)43-35-26-33-30-16-13-15-29(24-30)32-25-31(42-8)17-18-34(32)49-27(2)14-11-10-12-19-41(7)20-22-45(23-21-41)38(36)46(35)44-33/h10-11,13,15-18,24-27,37H,9,12,14,19-23H2,1-7H3/b11-10+/t27-,37+/m1/s1. The number of carbonyl (C=O) groups is 1. The highest BCUT2D eigenvalue weighted by Gasteiger charge is 2.38. The van der Waals surface area contributed by atoms with Gasteiger partial charge in [-0.15, -0.1) is 0 Å². The number of fused-ring (bicyclic) bond motifs is 7. The molecule has 3 aliphatic rings. The number of allylic oxidation sites excluding steroid dienone is 1. The second-order valence-electron chi connectivity index (χ2n) is 14.9. The van der Waals surface area contributed by atoms with Crippen LogP contribution in [0, 0.1) is 18.9 Å². The van der Waals surface area contributed by atoms with Gasteiger partial charge in [-0.2, -0.15) is 9.61 Å². The molecule has 262 valence electrons. The van der Waals surface area contributed by atoms with Gasteiger partial charge in [0.25, 0.3) is 0 Å². The number of rotatable bonds is 4. The summed E-state index contributed by atoms with van der Waals surface area (Å²) in [5, 5.41) is 5.19. The topological polar surface area (TPSA) is 82.5 Å². The molecule has 50 heavy (non-hydrogen) atoms. The molecule has 0 amide bonds. The van der Waals surface area contributed by atoms with Gasteiger partial charge in [0, 0.05) is 42.4 Å². The average Bonchev–Trinajstić information content (AvgIpc) is 3.50. The van der Waals surface area contributed by atoms with Crippen LogP contribution in [0.2, 0.25) is 0 Å². The third kappa shape index (κ3) is 7.56. The molecule has 1 fully saturated rings. The molecule has 7 rings (SSSR count). The Kier molecular flexibility index (Phi) is 10.0. The van der Waals surface area contributed by atoms with Crippen LogP contribution in [-0.2, 0) is 14.3 Å². The van der Waals surface area contributed by atoms with Crippen LogP contribution in [0.15, 0.2) is 60.7 Å². The molecule has 0 aliphatic carbocycles. The highest BCUT2D eigenvalue weighted by atomic mass is 16.6. The van der Waals surface area contributed by atoms with E-state index in [2.05, 4.69) is 41.8 Å². The van der Waals surface area contributed by atoms with E-state index in [0.29, 0.717) is 22.6 Å². The van der Waals surface area contributed by atoms with Gasteiger partial charge in [0.2, 0.25) is 0 Å². The number of hydrogen-bond donors (Lipinski definition) is 0. The molecule has 9 heteroatoms. The van der Waals surface area contributed by atoms with Gasteiger partial charge in [-0.25, -0.2) is 14.6 Å². The number of aryl methyl sites for hydroxylation is 1. The molecular formula is C41H49N5O4. The van der Waals surface area contributed by atoms with Crippen molar-refractivity contribution in [2.75, 3.05) is 24.6 Å². The lowest BCUT2D eigenvalue weighted by Gasteiger charge is -2.41. The number of hydrogen-bond acceptors (Lipinski definition) is 7. The fraction of sp³-hybridized carbons (Fsp3) is 0.463. The molecule has 6 bridgehead atoms. The highest BCUT2D eigenvalue weighted by molar-refractivity contribution is 5.81. The lowest BCUT2D eigenvalue weighted by molar-refractivity contribution is -0.166. The van der Waals surface area contributed by atoms with Crippen molar-refractivity contribution < 1.29 is 19.0 Å². The monoisotopic (exact) mass is 675 g/mol. The Morgan fingerprint density at radius 1 is 1.10 bits per heavy atom. The van der Waals surface area contributed by atoms with E-state index in [0.717, 1.165) is 79.1 Å². The number of piperidine rings is 1. The molecule has 9 nitrogen and oxygen atoms in total. The number of carbonyl (C=O) groups excluding carboxylic acids is 1. The van der Waals surface area contributed by atoms with Crippen molar-refractivity contribution in [3.05, 3.63) is 83.4 Å². The number of nitrogens with zero attached hydrogens (tertiary/aromatic N) is 5. The Hall–Kier alpha value is -4.68. The molecule has 4 aromatic rings. The van der Waals surface area contributed by atoms with Crippen molar-refractivity contribution in [2.45, 2.75) is 98.4 Å². The van der Waals surface area contributed by atoms with Gasteiger partial charge >= 0.3 is 5.97 Å². The van der Waals surface area contributed by atoms with E-state index in [9.17, 15) is 4.79 Å². The van der Waals surface area contributed by atoms with E-state index in [4.69, 9.17) is 30.9 Å². The highest BCUT2D eigenvalue weighted by Crippen LogP contribution is 2.42. The normalized spacial score (nSPS) is 20.8. The second kappa shape index (κ2) is 14.3. The number of aromatic nitrogens is 3. The maximum Gasteiger partial charge on any atom is 0.340 e. The zero-order valence-electron chi connectivity index (χ0n) is 30.5. The minimum absolute atomic E-state index is 0.0301. The first-order chi connectivity index (χ1) is 23.9. The molecule has 0 N–H and O–H groups in total. The maximum atomic E-state index is 13.7. The van der Waals surface area contributed by atoms with Crippen molar-refractivity contribution in [2.24, 2.45) is 5.41 Å². The smallest absolute Gasteiger partial charge is 0.340 e. The summed E-state index contributed by atoms with van der Waals surface area (Å²) in [6.07, 6.45) is 8.41. The van der Waals surface area contributed by atoms with Crippen LogP contribution >= 0.6 is 0 Å². The lowest BCUT2D eigenvalue weighted by Crippen LogP contribution is -2.41. The van der Waals surface area contributed by atoms with Gasteiger partial charge in [0.05, 0.1) is 36.1 Å². The predicted octanol–water partition coefficient (Wildman–Crippen LogP) is 9.46. The molecule has 0 radical (unpaired) electrons. The summed E-state index contributed by atoms with van der Waals surface area (Å²) in [6, 6.07) is 15.8. The summed E-state index contributed by atoms with van der Waals surface area (Å²) < 4.78 is 20.5. The molecule has 0 spiro atoms. The zero-order valence-corrected chi connectivity index (χ0v) is 30.5. The van der Waals surface area contributed by atoms with Gasteiger partial charge in [-0.1, -0.05) is 43.3 Å². The molecule has 0 saturated carbocycles. The van der Waals surface area contributed by atoms with Crippen LogP contribution in [-0.4, -0.2) is 52.0 Å². The summed E-state index contributed by atoms with van der Waals surface area (Å²) >= 11 is 0. The molecule has 3 aliphatic heterocycles. The summed E-state index contributed by atoms with van der Waals surface area (Å²) in [5.41, 5.74) is 5.65. The molecule has 2 aromatic heterocycles. The van der Waals surface area contributed by atoms with Crippen LogP contribution in [0.1, 0.15) is 91.0 Å². The van der Waals surface area contributed by atoms with E-state index >= 15 is 0 Å². The summed E-state index contributed by atoms with van der Waals surface area (Å²) in [4.78, 5) is 24.7. The third-order valence-electron chi connectivity index (χ3n) is 9.75. The predicted molar refractivity (Wildman–Crippen MR) is 198 cm³/mol. The maximum absolute atomic E-state index is 13.7. The van der Waals surface area contributed by atoms with Crippen LogP contribution < -0.4 is 9.64 Å². The Morgan fingerprint density at radius 3 is 2.58 bits per heavy atom. The first-order valence-electron chi connectivity index (χ1n) is 17.8. The van der Waals surface area contributed by atoms with E-state index in [-0.39, 0.29) is 18.1 Å². The van der Waals surface area contributed by atoms with Crippen LogP contribution in [0.4, 0.5) is 11.5 Å². The number of ether oxygens (including phenoxy) is 3. The molecule has 5 heterocycles. The fourth-order valence-corrected chi connectivity index (χ4v) is 7.04. The van der Waals surface area contributed by atoms with Gasteiger partial charge < -0.3 is 19.1 Å². The first-order valence-corrected chi connectivity index (χ1v) is 17.8. The molecule has 2 atom stereocenters. The van der Waals surface area contributed by atoms with E-state index < -0.39 is 17.7 Å². The van der Waals surface area contributed by atoms with E-state index in [1.165, 1.54) is 0 Å². The van der Waals surface area contributed by atoms with Crippen molar-refractivity contribution in [1.82, 2.24) is 14.6 Å². The lowest BCUT2D eigenvalue weighted by atomic mass is 9.76. The SMILES string of the molecule is [C-]#[N+]c1ccc2c(c1)-c1cccc(c1)-c1cc3nc(C)c([C@H](OC(C)(C)C)C(=O)OCC)c(n3n1)N1CCC(C)(CC/C=C/C[C@@H](C)O2)CC1. The van der Waals surface area contributed by atoms with Gasteiger partial charge in [-0.05, 0) is 96.4 Å².